The highest BCUT2D eigenvalue weighted by molar-refractivity contribution is 9.10. The summed E-state index contributed by atoms with van der Waals surface area (Å²) in [6.45, 7) is 5.37. The number of methoxy groups -OCH3 is 1. The van der Waals surface area contributed by atoms with Gasteiger partial charge in [0.2, 0.25) is 5.91 Å². The van der Waals surface area contributed by atoms with Gasteiger partial charge in [0.05, 0.1) is 12.7 Å². The number of hydrogen-bond acceptors (Lipinski definition) is 3. The molecule has 1 aromatic rings. The molecule has 1 rings (SSSR count). The number of carbonyl (C=O) groups is 2. The Morgan fingerprint density at radius 3 is 2.40 bits per heavy atom. The zero-order valence-electron chi connectivity index (χ0n) is 12.0. The lowest BCUT2D eigenvalue weighted by Crippen LogP contribution is -2.46. The summed E-state index contributed by atoms with van der Waals surface area (Å²) in [5.41, 5.74) is 0.425. The van der Waals surface area contributed by atoms with Gasteiger partial charge in [-0.1, -0.05) is 0 Å². The Morgan fingerprint density at radius 1 is 1.20 bits per heavy atom. The summed E-state index contributed by atoms with van der Waals surface area (Å²) in [5.74, 6) is 0.0344. The molecule has 0 aromatic heterocycles. The first-order chi connectivity index (χ1) is 9.35. The first kappa shape index (κ1) is 16.5. The molecule has 0 saturated carbocycles. The molecule has 6 heteroatoms. The summed E-state index contributed by atoms with van der Waals surface area (Å²) in [5, 5.41) is 5.40. The summed E-state index contributed by atoms with van der Waals surface area (Å²) in [6.07, 6.45) is 0. The average Bonchev–Trinajstić information content (AvgIpc) is 2.38. The van der Waals surface area contributed by atoms with E-state index in [0.717, 1.165) is 0 Å². The van der Waals surface area contributed by atoms with Crippen LogP contribution in [0, 0.1) is 0 Å². The van der Waals surface area contributed by atoms with Gasteiger partial charge in [0.1, 0.15) is 11.8 Å². The van der Waals surface area contributed by atoms with E-state index in [1.54, 1.807) is 25.1 Å². The van der Waals surface area contributed by atoms with Gasteiger partial charge < -0.3 is 15.4 Å². The summed E-state index contributed by atoms with van der Waals surface area (Å²) in [7, 11) is 1.53. The highest BCUT2D eigenvalue weighted by atomic mass is 79.9. The van der Waals surface area contributed by atoms with Crippen LogP contribution in [0.25, 0.3) is 0 Å². The molecule has 0 aliphatic heterocycles. The fourth-order valence-corrected chi connectivity index (χ4v) is 1.98. The van der Waals surface area contributed by atoms with Crippen molar-refractivity contribution in [1.29, 1.82) is 0 Å². The van der Waals surface area contributed by atoms with Gasteiger partial charge in [0.25, 0.3) is 5.91 Å². The van der Waals surface area contributed by atoms with Crippen molar-refractivity contribution in [3.8, 4) is 5.75 Å². The third kappa shape index (κ3) is 4.52. The highest BCUT2D eigenvalue weighted by Crippen LogP contribution is 2.22. The predicted octanol–water partition coefficient (Wildman–Crippen LogP) is 2.10. The Labute approximate surface area is 127 Å². The minimum Gasteiger partial charge on any atom is -0.497 e. The van der Waals surface area contributed by atoms with Crippen LogP contribution in [0.4, 0.5) is 0 Å². The third-order valence-electron chi connectivity index (χ3n) is 2.59. The second-order valence-electron chi connectivity index (χ2n) is 4.70. The van der Waals surface area contributed by atoms with Crippen LogP contribution in [0.15, 0.2) is 22.7 Å². The smallest absolute Gasteiger partial charge is 0.253 e. The molecule has 110 valence electrons. The predicted molar refractivity (Wildman–Crippen MR) is 80.9 cm³/mol. The molecule has 1 atom stereocenters. The van der Waals surface area contributed by atoms with E-state index < -0.39 is 6.04 Å². The lowest BCUT2D eigenvalue weighted by atomic mass is 10.2. The van der Waals surface area contributed by atoms with E-state index in [-0.39, 0.29) is 17.9 Å². The summed E-state index contributed by atoms with van der Waals surface area (Å²) < 4.78 is 5.73. The number of hydrogen-bond donors (Lipinski definition) is 2. The topological polar surface area (TPSA) is 67.4 Å². The van der Waals surface area contributed by atoms with Crippen LogP contribution < -0.4 is 15.4 Å². The van der Waals surface area contributed by atoms with Gasteiger partial charge in [-0.3, -0.25) is 9.59 Å². The molecule has 1 unspecified atom stereocenters. The quantitative estimate of drug-likeness (QED) is 0.860. The van der Waals surface area contributed by atoms with Gasteiger partial charge in [-0.2, -0.15) is 0 Å². The lowest BCUT2D eigenvalue weighted by Gasteiger charge is -2.16. The van der Waals surface area contributed by atoms with E-state index in [9.17, 15) is 9.59 Å². The number of nitrogens with one attached hydrogen (secondary N) is 2. The SMILES string of the molecule is COc1ccc(Br)c(C(=O)NC(C)C(=O)NC(C)C)c1. The molecule has 0 bridgehead atoms. The maximum absolute atomic E-state index is 12.2. The molecule has 1 aromatic carbocycles. The van der Waals surface area contributed by atoms with Gasteiger partial charge in [0.15, 0.2) is 0 Å². The molecular formula is C14H19BrN2O3. The third-order valence-corrected chi connectivity index (χ3v) is 3.28. The standard InChI is InChI=1S/C14H19BrN2O3/c1-8(2)16-13(18)9(3)17-14(19)11-7-10(20-4)5-6-12(11)15/h5-9H,1-4H3,(H,16,18)(H,17,19). The molecule has 20 heavy (non-hydrogen) atoms. The van der Waals surface area contributed by atoms with Crippen molar-refractivity contribution in [2.24, 2.45) is 0 Å². The molecule has 2 N–H and O–H groups in total. The molecule has 0 fully saturated rings. The maximum Gasteiger partial charge on any atom is 0.253 e. The van der Waals surface area contributed by atoms with Crippen LogP contribution in [-0.2, 0) is 4.79 Å². The maximum atomic E-state index is 12.2. The van der Waals surface area contributed by atoms with Gasteiger partial charge in [-0.25, -0.2) is 0 Å². The second-order valence-corrected chi connectivity index (χ2v) is 5.56. The van der Waals surface area contributed by atoms with E-state index in [2.05, 4.69) is 26.6 Å². The largest absolute Gasteiger partial charge is 0.497 e. The van der Waals surface area contributed by atoms with Crippen molar-refractivity contribution < 1.29 is 14.3 Å². The summed E-state index contributed by atoms with van der Waals surface area (Å²) >= 11 is 3.31. The zero-order valence-corrected chi connectivity index (χ0v) is 13.6. The molecule has 0 aliphatic rings. The van der Waals surface area contributed by atoms with Crippen molar-refractivity contribution >= 4 is 27.7 Å². The fraction of sp³-hybridized carbons (Fsp3) is 0.429. The van der Waals surface area contributed by atoms with E-state index in [0.29, 0.717) is 15.8 Å². The lowest BCUT2D eigenvalue weighted by molar-refractivity contribution is -0.123. The van der Waals surface area contributed by atoms with E-state index in [1.165, 1.54) is 7.11 Å². The molecular weight excluding hydrogens is 324 g/mol. The van der Waals surface area contributed by atoms with Gasteiger partial charge in [-0.15, -0.1) is 0 Å². The molecule has 0 saturated heterocycles. The Morgan fingerprint density at radius 2 is 1.85 bits per heavy atom. The first-order valence-corrected chi connectivity index (χ1v) is 7.09. The molecule has 0 aliphatic carbocycles. The number of ether oxygens (including phenoxy) is 1. The Kier molecular flexibility index (Phi) is 6.01. The molecule has 2 amide bonds. The summed E-state index contributed by atoms with van der Waals surface area (Å²) in [4.78, 5) is 23.9. The van der Waals surface area contributed by atoms with Crippen molar-refractivity contribution in [3.05, 3.63) is 28.2 Å². The Hall–Kier alpha value is -1.56. The monoisotopic (exact) mass is 342 g/mol. The van der Waals surface area contributed by atoms with Crippen LogP contribution >= 0.6 is 15.9 Å². The van der Waals surface area contributed by atoms with Crippen molar-refractivity contribution in [2.45, 2.75) is 32.9 Å². The zero-order chi connectivity index (χ0) is 15.3. The van der Waals surface area contributed by atoms with Gasteiger partial charge >= 0.3 is 0 Å². The summed E-state index contributed by atoms with van der Waals surface area (Å²) in [6, 6.07) is 4.52. The normalized spacial score (nSPS) is 11.9. The minimum atomic E-state index is -0.608. The van der Waals surface area contributed by atoms with Crippen LogP contribution in [0.5, 0.6) is 5.75 Å². The van der Waals surface area contributed by atoms with Crippen molar-refractivity contribution in [3.63, 3.8) is 0 Å². The minimum absolute atomic E-state index is 0.0328. The van der Waals surface area contributed by atoms with Crippen molar-refractivity contribution in [1.82, 2.24) is 10.6 Å². The molecule has 0 spiro atoms. The molecule has 5 nitrogen and oxygen atoms in total. The van der Waals surface area contributed by atoms with Crippen LogP contribution in [0.2, 0.25) is 0 Å². The van der Waals surface area contributed by atoms with Crippen LogP contribution in [0.1, 0.15) is 31.1 Å². The molecule has 0 radical (unpaired) electrons. The van der Waals surface area contributed by atoms with Crippen LogP contribution in [0.3, 0.4) is 0 Å². The first-order valence-electron chi connectivity index (χ1n) is 6.30. The fourth-order valence-electron chi connectivity index (χ4n) is 1.55. The Bertz CT molecular complexity index is 503. The van der Waals surface area contributed by atoms with E-state index >= 15 is 0 Å². The van der Waals surface area contributed by atoms with E-state index in [1.807, 2.05) is 13.8 Å². The van der Waals surface area contributed by atoms with Crippen molar-refractivity contribution in [2.75, 3.05) is 7.11 Å². The number of amides is 2. The van der Waals surface area contributed by atoms with E-state index in [4.69, 9.17) is 4.74 Å². The molecule has 0 heterocycles. The highest BCUT2D eigenvalue weighted by Gasteiger charge is 2.19. The average molecular weight is 343 g/mol. The van der Waals surface area contributed by atoms with Gasteiger partial charge in [0, 0.05) is 10.5 Å². The Balaban J connectivity index is 2.78. The van der Waals surface area contributed by atoms with Crippen LogP contribution in [-0.4, -0.2) is 31.0 Å². The van der Waals surface area contributed by atoms with Gasteiger partial charge in [-0.05, 0) is 54.9 Å². The second kappa shape index (κ2) is 7.28. The number of halogens is 1. The number of rotatable bonds is 5. The number of benzene rings is 1. The number of carbonyl (C=O) groups excluding carboxylic acids is 2.